The molecule has 0 aliphatic rings. The third kappa shape index (κ3) is 3.52. The summed E-state index contributed by atoms with van der Waals surface area (Å²) in [6.45, 7) is 0. The average molecular weight is 413 g/mol. The van der Waals surface area contributed by atoms with Crippen LogP contribution in [0.2, 0.25) is 0 Å². The molecule has 0 aromatic heterocycles. The minimum atomic E-state index is -4.75. The quantitative estimate of drug-likeness (QED) is 0.564. The summed E-state index contributed by atoms with van der Waals surface area (Å²) in [5, 5.41) is 0. The summed E-state index contributed by atoms with van der Waals surface area (Å²) in [6, 6.07) is 5.56. The van der Waals surface area contributed by atoms with Gasteiger partial charge in [0.25, 0.3) is 0 Å². The summed E-state index contributed by atoms with van der Waals surface area (Å²) in [7, 11) is 0. The third-order valence-electron chi connectivity index (χ3n) is 2.96. The minimum absolute atomic E-state index is 0.185. The summed E-state index contributed by atoms with van der Waals surface area (Å²) in [5.41, 5.74) is 5.28. The van der Waals surface area contributed by atoms with Gasteiger partial charge in [0.15, 0.2) is 0 Å². The van der Waals surface area contributed by atoms with Crippen LogP contribution < -0.4 is 5.73 Å². The molecule has 0 aliphatic carbocycles. The van der Waals surface area contributed by atoms with Gasteiger partial charge in [0.2, 0.25) is 0 Å². The number of alkyl halides is 3. The van der Waals surface area contributed by atoms with Crippen molar-refractivity contribution in [3.8, 4) is 0 Å². The first-order valence-corrected chi connectivity index (χ1v) is 6.85. The molecular weight excluding hydrogens is 404 g/mol. The summed E-state index contributed by atoms with van der Waals surface area (Å²) < 4.78 is 64.6. The molecule has 1 atom stereocenters. The number of nitrogens with two attached hydrogens (primary N) is 1. The van der Waals surface area contributed by atoms with Crippen LogP contribution in [-0.2, 0) is 6.18 Å². The Morgan fingerprint density at radius 1 is 1.00 bits per heavy atom. The zero-order chi connectivity index (χ0) is 15.8. The molecule has 0 bridgehead atoms. The summed E-state index contributed by atoms with van der Waals surface area (Å²) in [4.78, 5) is 0. The molecule has 2 aromatic carbocycles. The molecule has 0 fully saturated rings. The molecule has 21 heavy (non-hydrogen) atoms. The van der Waals surface area contributed by atoms with Gasteiger partial charge in [0.05, 0.1) is 11.6 Å². The number of hydrogen-bond donors (Lipinski definition) is 1. The van der Waals surface area contributed by atoms with Crippen molar-refractivity contribution in [3.63, 3.8) is 0 Å². The van der Waals surface area contributed by atoms with Gasteiger partial charge in [0.1, 0.15) is 11.6 Å². The van der Waals surface area contributed by atoms with Crippen LogP contribution in [0.15, 0.2) is 36.4 Å². The standard InChI is InChI=1S/C14H9F5IN/c15-8-2-3-9(12(20)6-8)13(21)7-1-4-10(11(16)5-7)14(17,18)19/h1-6,13H,21H2. The van der Waals surface area contributed by atoms with Gasteiger partial charge in [-0.1, -0.05) is 12.1 Å². The normalized spacial score (nSPS) is 13.3. The Hall–Kier alpha value is -1.22. The van der Waals surface area contributed by atoms with E-state index in [1.807, 2.05) is 22.6 Å². The van der Waals surface area contributed by atoms with Gasteiger partial charge in [0, 0.05) is 3.57 Å². The second kappa shape index (κ2) is 5.88. The SMILES string of the molecule is NC(c1ccc(C(F)(F)F)c(F)c1)c1ccc(F)cc1I. The van der Waals surface area contributed by atoms with Gasteiger partial charge >= 0.3 is 6.18 Å². The van der Waals surface area contributed by atoms with Crippen LogP contribution in [-0.4, -0.2) is 0 Å². The van der Waals surface area contributed by atoms with Crippen molar-refractivity contribution < 1.29 is 22.0 Å². The van der Waals surface area contributed by atoms with Crippen molar-refractivity contribution in [2.45, 2.75) is 12.2 Å². The first kappa shape index (κ1) is 16.2. The van der Waals surface area contributed by atoms with E-state index in [2.05, 4.69) is 0 Å². The third-order valence-corrected chi connectivity index (χ3v) is 3.89. The minimum Gasteiger partial charge on any atom is -0.320 e. The predicted molar refractivity (Wildman–Crippen MR) is 76.5 cm³/mol. The van der Waals surface area contributed by atoms with Crippen LogP contribution in [0.1, 0.15) is 22.7 Å². The Balaban J connectivity index is 2.40. The molecular formula is C14H9F5IN. The largest absolute Gasteiger partial charge is 0.419 e. The van der Waals surface area contributed by atoms with E-state index in [0.717, 1.165) is 12.1 Å². The van der Waals surface area contributed by atoms with Crippen molar-refractivity contribution in [2.75, 3.05) is 0 Å². The lowest BCUT2D eigenvalue weighted by Crippen LogP contribution is -2.15. The second-order valence-electron chi connectivity index (χ2n) is 4.38. The van der Waals surface area contributed by atoms with Crippen molar-refractivity contribution in [2.24, 2.45) is 5.73 Å². The van der Waals surface area contributed by atoms with Crippen molar-refractivity contribution >= 4 is 22.6 Å². The van der Waals surface area contributed by atoms with Crippen LogP contribution in [0.4, 0.5) is 22.0 Å². The van der Waals surface area contributed by atoms with Crippen LogP contribution in [0.3, 0.4) is 0 Å². The molecule has 7 heteroatoms. The van der Waals surface area contributed by atoms with Gasteiger partial charge in [-0.3, -0.25) is 0 Å². The fourth-order valence-corrected chi connectivity index (χ4v) is 2.70. The molecule has 0 saturated carbocycles. The Morgan fingerprint density at radius 3 is 2.19 bits per heavy atom. The van der Waals surface area contributed by atoms with Gasteiger partial charge in [-0.25, -0.2) is 8.78 Å². The number of halogens is 6. The fourth-order valence-electron chi connectivity index (χ4n) is 1.89. The summed E-state index contributed by atoms with van der Waals surface area (Å²) in [5.74, 6) is -1.83. The highest BCUT2D eigenvalue weighted by Gasteiger charge is 2.34. The Labute approximate surface area is 131 Å². The molecule has 0 radical (unpaired) electrons. The molecule has 0 amide bonds. The molecule has 0 saturated heterocycles. The molecule has 2 aromatic rings. The van der Waals surface area contributed by atoms with Crippen molar-refractivity contribution in [3.05, 3.63) is 68.3 Å². The van der Waals surface area contributed by atoms with Crippen LogP contribution >= 0.6 is 22.6 Å². The Bertz CT molecular complexity index is 669. The van der Waals surface area contributed by atoms with Crippen LogP contribution in [0.5, 0.6) is 0 Å². The predicted octanol–water partition coefficient (Wildman–Crippen LogP) is 4.64. The zero-order valence-corrected chi connectivity index (χ0v) is 12.5. The molecule has 0 aliphatic heterocycles. The first-order valence-electron chi connectivity index (χ1n) is 5.77. The van der Waals surface area contributed by atoms with E-state index in [4.69, 9.17) is 5.73 Å². The molecule has 1 nitrogen and oxygen atoms in total. The number of rotatable bonds is 2. The molecule has 112 valence electrons. The zero-order valence-electron chi connectivity index (χ0n) is 10.4. The second-order valence-corrected chi connectivity index (χ2v) is 5.54. The van der Waals surface area contributed by atoms with E-state index < -0.39 is 29.4 Å². The Kier molecular flexibility index (Phi) is 4.52. The molecule has 0 heterocycles. The fraction of sp³-hybridized carbons (Fsp3) is 0.143. The smallest absolute Gasteiger partial charge is 0.320 e. The monoisotopic (exact) mass is 413 g/mol. The maximum Gasteiger partial charge on any atom is 0.419 e. The van der Waals surface area contributed by atoms with E-state index in [1.54, 1.807) is 0 Å². The van der Waals surface area contributed by atoms with Gasteiger partial charge in [-0.15, -0.1) is 0 Å². The van der Waals surface area contributed by atoms with Crippen LogP contribution in [0, 0.1) is 15.2 Å². The first-order chi connectivity index (χ1) is 9.70. The molecule has 0 spiro atoms. The van der Waals surface area contributed by atoms with Crippen molar-refractivity contribution in [1.29, 1.82) is 0 Å². The number of benzene rings is 2. The lowest BCUT2D eigenvalue weighted by Gasteiger charge is -2.16. The van der Waals surface area contributed by atoms with Gasteiger partial charge in [-0.2, -0.15) is 13.2 Å². The van der Waals surface area contributed by atoms with E-state index in [-0.39, 0.29) is 5.56 Å². The van der Waals surface area contributed by atoms with E-state index in [9.17, 15) is 22.0 Å². The molecule has 1 unspecified atom stereocenters. The summed E-state index contributed by atoms with van der Waals surface area (Å²) in [6.07, 6.45) is -4.75. The number of hydrogen-bond acceptors (Lipinski definition) is 1. The lowest BCUT2D eigenvalue weighted by atomic mass is 9.98. The maximum absolute atomic E-state index is 13.5. The highest BCUT2D eigenvalue weighted by Crippen LogP contribution is 2.33. The Morgan fingerprint density at radius 2 is 1.67 bits per heavy atom. The van der Waals surface area contributed by atoms with E-state index in [1.165, 1.54) is 18.2 Å². The highest BCUT2D eigenvalue weighted by molar-refractivity contribution is 14.1. The van der Waals surface area contributed by atoms with E-state index >= 15 is 0 Å². The molecule has 2 rings (SSSR count). The van der Waals surface area contributed by atoms with Gasteiger partial charge < -0.3 is 5.73 Å². The molecule has 2 N–H and O–H groups in total. The van der Waals surface area contributed by atoms with Crippen molar-refractivity contribution in [1.82, 2.24) is 0 Å². The summed E-state index contributed by atoms with van der Waals surface area (Å²) >= 11 is 1.86. The lowest BCUT2D eigenvalue weighted by molar-refractivity contribution is -0.140. The topological polar surface area (TPSA) is 26.0 Å². The highest BCUT2D eigenvalue weighted by atomic mass is 127. The van der Waals surface area contributed by atoms with Gasteiger partial charge in [-0.05, 0) is 58.0 Å². The van der Waals surface area contributed by atoms with Crippen LogP contribution in [0.25, 0.3) is 0 Å². The van der Waals surface area contributed by atoms with E-state index in [0.29, 0.717) is 15.2 Å². The average Bonchev–Trinajstić information content (AvgIpc) is 2.36. The maximum atomic E-state index is 13.5.